The van der Waals surface area contributed by atoms with Crippen LogP contribution < -0.4 is 4.74 Å². The second-order valence-electron chi connectivity index (χ2n) is 6.12. The first-order valence-electron chi connectivity index (χ1n) is 7.51. The van der Waals surface area contributed by atoms with Crippen LogP contribution in [-0.2, 0) is 0 Å². The smallest absolute Gasteiger partial charge is 0.119 e. The summed E-state index contributed by atoms with van der Waals surface area (Å²) in [6, 6.07) is 9.17. The highest BCUT2D eigenvalue weighted by molar-refractivity contribution is 5.29. The van der Waals surface area contributed by atoms with Gasteiger partial charge in [0.1, 0.15) is 5.75 Å². The first kappa shape index (κ1) is 14.4. The monoisotopic (exact) mass is 261 g/mol. The van der Waals surface area contributed by atoms with Crippen molar-refractivity contribution < 1.29 is 4.74 Å². The van der Waals surface area contributed by atoms with Crippen LogP contribution in [-0.4, -0.2) is 25.6 Å². The van der Waals surface area contributed by atoms with Crippen molar-refractivity contribution in [1.82, 2.24) is 4.90 Å². The van der Waals surface area contributed by atoms with Gasteiger partial charge in [-0.05, 0) is 56.5 Å². The van der Waals surface area contributed by atoms with Crippen molar-refractivity contribution in [3.8, 4) is 5.75 Å². The van der Waals surface area contributed by atoms with Gasteiger partial charge in [-0.1, -0.05) is 32.4 Å². The Hall–Kier alpha value is -1.02. The Labute approximate surface area is 117 Å². The van der Waals surface area contributed by atoms with E-state index in [9.17, 15) is 0 Å². The summed E-state index contributed by atoms with van der Waals surface area (Å²) in [7, 11) is 4.32. The zero-order chi connectivity index (χ0) is 13.8. The van der Waals surface area contributed by atoms with Gasteiger partial charge in [-0.2, -0.15) is 0 Å². The van der Waals surface area contributed by atoms with Crippen LogP contribution in [0.15, 0.2) is 24.3 Å². The molecular weight excluding hydrogens is 234 g/mol. The molecule has 1 fully saturated rings. The van der Waals surface area contributed by atoms with Crippen molar-refractivity contribution in [2.45, 2.75) is 39.2 Å². The van der Waals surface area contributed by atoms with Crippen LogP contribution in [0.1, 0.15) is 44.7 Å². The molecule has 106 valence electrons. The van der Waals surface area contributed by atoms with Crippen LogP contribution in [0.2, 0.25) is 0 Å². The minimum Gasteiger partial charge on any atom is -0.493 e. The van der Waals surface area contributed by atoms with E-state index in [0.29, 0.717) is 12.0 Å². The average molecular weight is 261 g/mol. The summed E-state index contributed by atoms with van der Waals surface area (Å²) in [4.78, 5) is 2.31. The third kappa shape index (κ3) is 3.97. The van der Waals surface area contributed by atoms with Crippen LogP contribution in [0.25, 0.3) is 0 Å². The molecule has 0 radical (unpaired) electrons. The molecule has 0 N–H and O–H groups in total. The molecule has 0 spiro atoms. The summed E-state index contributed by atoms with van der Waals surface area (Å²) >= 11 is 0. The van der Waals surface area contributed by atoms with Crippen molar-refractivity contribution in [1.29, 1.82) is 0 Å². The Morgan fingerprint density at radius 3 is 2.32 bits per heavy atom. The zero-order valence-corrected chi connectivity index (χ0v) is 12.7. The highest BCUT2D eigenvalue weighted by atomic mass is 16.5. The van der Waals surface area contributed by atoms with Gasteiger partial charge in [0.05, 0.1) is 6.61 Å². The minimum absolute atomic E-state index is 0.488. The molecule has 0 aromatic heterocycles. The van der Waals surface area contributed by atoms with Crippen LogP contribution >= 0.6 is 0 Å². The lowest BCUT2D eigenvalue weighted by atomic mass is 9.91. The number of hydrogen-bond donors (Lipinski definition) is 0. The van der Waals surface area contributed by atoms with Gasteiger partial charge in [-0.3, -0.25) is 0 Å². The van der Waals surface area contributed by atoms with Gasteiger partial charge in [-0.25, -0.2) is 0 Å². The van der Waals surface area contributed by atoms with Crippen molar-refractivity contribution in [3.05, 3.63) is 29.8 Å². The lowest BCUT2D eigenvalue weighted by Crippen LogP contribution is -2.25. The Morgan fingerprint density at radius 2 is 1.84 bits per heavy atom. The fourth-order valence-electron chi connectivity index (χ4n) is 2.62. The van der Waals surface area contributed by atoms with Gasteiger partial charge < -0.3 is 9.64 Å². The standard InChI is InChI=1S/C17H27NO/c1-5-13(2)17(18(3)4)15-8-10-16(11-9-15)19-12-14-6-7-14/h8-11,13-14,17H,5-7,12H2,1-4H3/t13-,17-/m1/s1. The molecular formula is C17H27NO. The van der Waals surface area contributed by atoms with E-state index in [-0.39, 0.29) is 0 Å². The van der Waals surface area contributed by atoms with Crippen molar-refractivity contribution in [2.24, 2.45) is 11.8 Å². The second-order valence-corrected chi connectivity index (χ2v) is 6.12. The highest BCUT2D eigenvalue weighted by Gasteiger charge is 2.22. The zero-order valence-electron chi connectivity index (χ0n) is 12.7. The maximum Gasteiger partial charge on any atom is 0.119 e. The fourth-order valence-corrected chi connectivity index (χ4v) is 2.62. The van der Waals surface area contributed by atoms with Crippen molar-refractivity contribution in [2.75, 3.05) is 20.7 Å². The van der Waals surface area contributed by atoms with E-state index in [1.165, 1.54) is 24.8 Å². The average Bonchev–Trinajstić information content (AvgIpc) is 3.21. The Bertz CT molecular complexity index is 381. The molecule has 0 saturated heterocycles. The van der Waals surface area contributed by atoms with E-state index in [0.717, 1.165) is 18.3 Å². The predicted molar refractivity (Wildman–Crippen MR) is 80.5 cm³/mol. The molecule has 2 atom stereocenters. The molecule has 2 rings (SSSR count). The van der Waals surface area contributed by atoms with Gasteiger partial charge in [0.15, 0.2) is 0 Å². The van der Waals surface area contributed by atoms with Crippen LogP contribution in [0.3, 0.4) is 0 Å². The molecule has 1 aliphatic rings. The number of rotatable bonds is 7. The molecule has 19 heavy (non-hydrogen) atoms. The van der Waals surface area contributed by atoms with E-state index in [1.807, 2.05) is 0 Å². The molecule has 1 aromatic rings. The summed E-state index contributed by atoms with van der Waals surface area (Å²) in [5, 5.41) is 0. The molecule has 2 heteroatoms. The molecule has 1 aliphatic carbocycles. The molecule has 0 unspecified atom stereocenters. The minimum atomic E-state index is 0.488. The molecule has 0 aliphatic heterocycles. The Kier molecular flexibility index (Phi) is 4.87. The SMILES string of the molecule is CC[C@@H](C)[C@H](c1ccc(OCC2CC2)cc1)N(C)C. The number of ether oxygens (including phenoxy) is 1. The number of nitrogens with zero attached hydrogens (tertiary/aromatic N) is 1. The van der Waals surface area contributed by atoms with Gasteiger partial charge >= 0.3 is 0 Å². The summed E-state index contributed by atoms with van der Waals surface area (Å²) in [6.07, 6.45) is 3.88. The van der Waals surface area contributed by atoms with Crippen LogP contribution in [0.4, 0.5) is 0 Å². The van der Waals surface area contributed by atoms with Gasteiger partial charge in [0.2, 0.25) is 0 Å². The third-order valence-electron chi connectivity index (χ3n) is 4.14. The first-order chi connectivity index (χ1) is 9.11. The molecule has 1 saturated carbocycles. The number of benzene rings is 1. The maximum atomic E-state index is 5.80. The maximum absolute atomic E-state index is 5.80. The molecule has 2 nitrogen and oxygen atoms in total. The largest absolute Gasteiger partial charge is 0.493 e. The van der Waals surface area contributed by atoms with Crippen molar-refractivity contribution in [3.63, 3.8) is 0 Å². The first-order valence-corrected chi connectivity index (χ1v) is 7.51. The van der Waals surface area contributed by atoms with Gasteiger partial charge in [-0.15, -0.1) is 0 Å². The highest BCUT2D eigenvalue weighted by Crippen LogP contribution is 2.31. The fraction of sp³-hybridized carbons (Fsp3) is 0.647. The molecule has 0 amide bonds. The normalized spacial score (nSPS) is 18.4. The third-order valence-corrected chi connectivity index (χ3v) is 4.14. The van der Waals surface area contributed by atoms with Crippen LogP contribution in [0.5, 0.6) is 5.75 Å². The summed E-state index contributed by atoms with van der Waals surface area (Å²) in [5.41, 5.74) is 1.39. The molecule has 0 heterocycles. The van der Waals surface area contributed by atoms with Crippen LogP contribution in [0, 0.1) is 11.8 Å². The summed E-state index contributed by atoms with van der Waals surface area (Å²) < 4.78 is 5.80. The van der Waals surface area contributed by atoms with E-state index in [1.54, 1.807) is 0 Å². The lowest BCUT2D eigenvalue weighted by Gasteiger charge is -2.30. The molecule has 0 bridgehead atoms. The topological polar surface area (TPSA) is 12.5 Å². The summed E-state index contributed by atoms with van der Waals surface area (Å²) in [6.45, 7) is 5.47. The quantitative estimate of drug-likeness (QED) is 0.732. The number of hydrogen-bond acceptors (Lipinski definition) is 2. The van der Waals surface area contributed by atoms with E-state index in [4.69, 9.17) is 4.74 Å². The Morgan fingerprint density at radius 1 is 1.21 bits per heavy atom. The Balaban J connectivity index is 2.01. The van der Waals surface area contributed by atoms with E-state index >= 15 is 0 Å². The summed E-state index contributed by atoms with van der Waals surface area (Å²) in [5.74, 6) is 2.49. The van der Waals surface area contributed by atoms with E-state index < -0.39 is 0 Å². The predicted octanol–water partition coefficient (Wildman–Crippen LogP) is 4.12. The lowest BCUT2D eigenvalue weighted by molar-refractivity contribution is 0.219. The van der Waals surface area contributed by atoms with Gasteiger partial charge in [0.25, 0.3) is 0 Å². The molecule has 1 aromatic carbocycles. The second kappa shape index (κ2) is 6.42. The van der Waals surface area contributed by atoms with Crippen molar-refractivity contribution >= 4 is 0 Å². The van der Waals surface area contributed by atoms with E-state index in [2.05, 4.69) is 57.1 Å². The van der Waals surface area contributed by atoms with Gasteiger partial charge in [0, 0.05) is 6.04 Å².